The first-order valence-corrected chi connectivity index (χ1v) is 9.13. The van der Waals surface area contributed by atoms with Gasteiger partial charge in [-0.3, -0.25) is 4.98 Å². The van der Waals surface area contributed by atoms with Crippen LogP contribution in [0.15, 0.2) is 54.2 Å². The van der Waals surface area contributed by atoms with Crippen molar-refractivity contribution >= 4 is 35.3 Å². The number of methoxy groups -OCH3 is 1. The van der Waals surface area contributed by atoms with Crippen LogP contribution in [-0.2, 0) is 19.7 Å². The molecule has 3 aromatic rings. The Morgan fingerprint density at radius 2 is 2.04 bits per heavy atom. The summed E-state index contributed by atoms with van der Waals surface area (Å²) in [6, 6.07) is 11.8. The highest BCUT2D eigenvalue weighted by Crippen LogP contribution is 2.37. The van der Waals surface area contributed by atoms with Crippen LogP contribution in [0, 0.1) is 0 Å². The maximum atomic E-state index is 6.41. The summed E-state index contributed by atoms with van der Waals surface area (Å²) in [5.74, 6) is 1.18. The number of hydrogen-bond acceptors (Lipinski definition) is 5. The lowest BCUT2D eigenvalue weighted by molar-refractivity contribution is 0.284. The molecule has 26 heavy (non-hydrogen) atoms. The summed E-state index contributed by atoms with van der Waals surface area (Å²) in [4.78, 5) is 5.38. The Morgan fingerprint density at radius 3 is 2.73 bits per heavy atom. The summed E-state index contributed by atoms with van der Waals surface area (Å²) in [7, 11) is 1.62. The van der Waals surface area contributed by atoms with Gasteiger partial charge in [-0.05, 0) is 35.2 Å². The van der Waals surface area contributed by atoms with Crippen molar-refractivity contribution in [2.45, 2.75) is 19.7 Å². The molecule has 0 atom stereocenters. The molecule has 0 unspecified atom stereocenters. The van der Waals surface area contributed by atoms with Crippen LogP contribution >= 0.6 is 35.3 Å². The standard InChI is InChI=1S/C19H19ClN2O2S.ClH/c1-23-18-9-15(11-22-12-16-5-3-7-25-16)8-17(20)19(18)24-13-14-4-2-6-21-10-14;/h2-10,22H,11-13H2,1H3;1H. The quantitative estimate of drug-likeness (QED) is 0.561. The van der Waals surface area contributed by atoms with Crippen molar-refractivity contribution in [2.24, 2.45) is 0 Å². The molecule has 4 nitrogen and oxygen atoms in total. The normalized spacial score (nSPS) is 10.2. The zero-order valence-corrected chi connectivity index (χ0v) is 16.7. The van der Waals surface area contributed by atoms with E-state index in [1.165, 1.54) is 4.88 Å². The van der Waals surface area contributed by atoms with E-state index < -0.39 is 0 Å². The average Bonchev–Trinajstić information content (AvgIpc) is 3.15. The Labute approximate surface area is 168 Å². The zero-order chi connectivity index (χ0) is 17.5. The Bertz CT molecular complexity index is 799. The molecule has 3 rings (SSSR count). The van der Waals surface area contributed by atoms with Gasteiger partial charge >= 0.3 is 0 Å². The molecule has 0 radical (unpaired) electrons. The summed E-state index contributed by atoms with van der Waals surface area (Å²) in [5.41, 5.74) is 2.02. The lowest BCUT2D eigenvalue weighted by Gasteiger charge is -2.14. The van der Waals surface area contributed by atoms with Crippen LogP contribution in [0.5, 0.6) is 11.5 Å². The molecule has 0 amide bonds. The van der Waals surface area contributed by atoms with Crippen LogP contribution in [-0.4, -0.2) is 12.1 Å². The van der Waals surface area contributed by atoms with Crippen molar-refractivity contribution in [3.8, 4) is 11.5 Å². The predicted molar refractivity (Wildman–Crippen MR) is 109 cm³/mol. The highest BCUT2D eigenvalue weighted by atomic mass is 35.5. The van der Waals surface area contributed by atoms with Crippen molar-refractivity contribution in [1.82, 2.24) is 10.3 Å². The largest absolute Gasteiger partial charge is 0.493 e. The number of nitrogens with zero attached hydrogens (tertiary/aromatic N) is 1. The molecule has 0 aliphatic carbocycles. The van der Waals surface area contributed by atoms with Gasteiger partial charge in [-0.2, -0.15) is 0 Å². The number of hydrogen-bond donors (Lipinski definition) is 1. The summed E-state index contributed by atoms with van der Waals surface area (Å²) < 4.78 is 11.3. The number of benzene rings is 1. The maximum absolute atomic E-state index is 6.41. The van der Waals surface area contributed by atoms with E-state index in [4.69, 9.17) is 21.1 Å². The smallest absolute Gasteiger partial charge is 0.180 e. The molecule has 0 spiro atoms. The fraction of sp³-hybridized carbons (Fsp3) is 0.211. The van der Waals surface area contributed by atoms with E-state index in [-0.39, 0.29) is 12.4 Å². The Balaban J connectivity index is 0.00000243. The van der Waals surface area contributed by atoms with Gasteiger partial charge in [0.15, 0.2) is 11.5 Å². The van der Waals surface area contributed by atoms with Gasteiger partial charge in [0.05, 0.1) is 12.1 Å². The SMILES string of the molecule is COc1cc(CNCc2cccs2)cc(Cl)c1OCc1cccnc1.Cl. The summed E-state index contributed by atoms with van der Waals surface area (Å²) in [5, 5.41) is 6.02. The van der Waals surface area contributed by atoms with Crippen LogP contribution in [0.25, 0.3) is 0 Å². The molecule has 0 saturated carbocycles. The highest BCUT2D eigenvalue weighted by Gasteiger charge is 2.12. The molecular weight excluding hydrogens is 391 g/mol. The van der Waals surface area contributed by atoms with Gasteiger partial charge in [-0.15, -0.1) is 23.7 Å². The highest BCUT2D eigenvalue weighted by molar-refractivity contribution is 7.09. The summed E-state index contributed by atoms with van der Waals surface area (Å²) in [6.07, 6.45) is 3.50. The van der Waals surface area contributed by atoms with Gasteiger partial charge in [0, 0.05) is 35.9 Å². The molecule has 0 saturated heterocycles. The molecule has 0 fully saturated rings. The summed E-state index contributed by atoms with van der Waals surface area (Å²) >= 11 is 8.15. The third kappa shape index (κ3) is 5.61. The van der Waals surface area contributed by atoms with E-state index in [2.05, 4.69) is 27.8 Å². The molecule has 138 valence electrons. The molecular formula is C19H20Cl2N2O2S. The Kier molecular flexibility index (Phi) is 8.19. The Morgan fingerprint density at radius 1 is 1.15 bits per heavy atom. The number of ether oxygens (including phenoxy) is 2. The number of thiophene rings is 1. The molecule has 0 aliphatic rings. The monoisotopic (exact) mass is 410 g/mol. The number of halogens is 2. The van der Waals surface area contributed by atoms with E-state index in [1.807, 2.05) is 24.3 Å². The van der Waals surface area contributed by atoms with E-state index in [1.54, 1.807) is 30.8 Å². The summed E-state index contributed by atoms with van der Waals surface area (Å²) in [6.45, 7) is 1.92. The van der Waals surface area contributed by atoms with E-state index in [9.17, 15) is 0 Å². The molecule has 2 aromatic heterocycles. The zero-order valence-electron chi connectivity index (χ0n) is 14.3. The number of aromatic nitrogens is 1. The maximum Gasteiger partial charge on any atom is 0.180 e. The molecule has 1 N–H and O–H groups in total. The molecule has 7 heteroatoms. The van der Waals surface area contributed by atoms with Gasteiger partial charge in [-0.1, -0.05) is 23.7 Å². The van der Waals surface area contributed by atoms with Crippen LogP contribution < -0.4 is 14.8 Å². The number of rotatable bonds is 8. The second-order valence-corrected chi connectivity index (χ2v) is 6.88. The van der Waals surface area contributed by atoms with Crippen molar-refractivity contribution < 1.29 is 9.47 Å². The molecule has 2 heterocycles. The molecule has 0 bridgehead atoms. The van der Waals surface area contributed by atoms with Crippen molar-refractivity contribution in [3.05, 3.63) is 75.2 Å². The third-order valence-electron chi connectivity index (χ3n) is 3.60. The van der Waals surface area contributed by atoms with Gasteiger partial charge in [0.1, 0.15) is 6.61 Å². The van der Waals surface area contributed by atoms with Crippen LogP contribution in [0.4, 0.5) is 0 Å². The minimum Gasteiger partial charge on any atom is -0.493 e. The van der Waals surface area contributed by atoms with Crippen molar-refractivity contribution in [1.29, 1.82) is 0 Å². The fourth-order valence-corrected chi connectivity index (χ4v) is 3.36. The van der Waals surface area contributed by atoms with E-state index >= 15 is 0 Å². The molecule has 0 aliphatic heterocycles. The van der Waals surface area contributed by atoms with Gasteiger partial charge in [0.25, 0.3) is 0 Å². The lowest BCUT2D eigenvalue weighted by atomic mass is 10.2. The first-order valence-electron chi connectivity index (χ1n) is 7.87. The average molecular weight is 411 g/mol. The van der Waals surface area contributed by atoms with Crippen LogP contribution in [0.3, 0.4) is 0 Å². The number of pyridine rings is 1. The van der Waals surface area contributed by atoms with Gasteiger partial charge in [-0.25, -0.2) is 0 Å². The second kappa shape index (κ2) is 10.4. The fourth-order valence-electron chi connectivity index (χ4n) is 2.40. The van der Waals surface area contributed by atoms with Gasteiger partial charge in [0.2, 0.25) is 0 Å². The lowest BCUT2D eigenvalue weighted by Crippen LogP contribution is -2.12. The van der Waals surface area contributed by atoms with E-state index in [0.717, 1.165) is 17.7 Å². The van der Waals surface area contributed by atoms with Crippen LogP contribution in [0.2, 0.25) is 5.02 Å². The molecule has 1 aromatic carbocycles. The minimum atomic E-state index is 0. The first-order chi connectivity index (χ1) is 12.3. The van der Waals surface area contributed by atoms with Crippen molar-refractivity contribution in [2.75, 3.05) is 7.11 Å². The predicted octanol–water partition coefficient (Wildman–Crippen LogP) is 5.10. The first kappa shape index (κ1) is 20.5. The second-order valence-electron chi connectivity index (χ2n) is 5.44. The third-order valence-corrected chi connectivity index (χ3v) is 4.76. The topological polar surface area (TPSA) is 43.4 Å². The van der Waals surface area contributed by atoms with Crippen molar-refractivity contribution in [3.63, 3.8) is 0 Å². The minimum absolute atomic E-state index is 0. The Hall–Kier alpha value is -1.79. The van der Waals surface area contributed by atoms with Crippen LogP contribution in [0.1, 0.15) is 16.0 Å². The number of nitrogens with one attached hydrogen (secondary N) is 1. The van der Waals surface area contributed by atoms with Gasteiger partial charge < -0.3 is 14.8 Å². The van der Waals surface area contributed by atoms with E-state index in [0.29, 0.717) is 29.7 Å².